The SMILES string of the molecule is N#Cc1cncnc1[O-]. The first kappa shape index (κ1) is 5.51. The third kappa shape index (κ3) is 0.941. The number of rotatable bonds is 0. The van der Waals surface area contributed by atoms with E-state index in [1.54, 1.807) is 6.07 Å². The summed E-state index contributed by atoms with van der Waals surface area (Å²) >= 11 is 0. The Bertz CT molecular complexity index is 253. The first-order valence-corrected chi connectivity index (χ1v) is 2.21. The van der Waals surface area contributed by atoms with Crippen LogP contribution in [0.25, 0.3) is 0 Å². The molecule has 0 saturated carbocycles. The molecule has 0 amide bonds. The van der Waals surface area contributed by atoms with Gasteiger partial charge in [0.05, 0.1) is 5.56 Å². The predicted octanol–water partition coefficient (Wildman–Crippen LogP) is -0.578. The van der Waals surface area contributed by atoms with Gasteiger partial charge in [0.1, 0.15) is 12.4 Å². The summed E-state index contributed by atoms with van der Waals surface area (Å²) in [5.74, 6) is -0.521. The van der Waals surface area contributed by atoms with Gasteiger partial charge in [-0.25, -0.2) is 4.98 Å². The molecular formula is C5H2N3O-. The normalized spacial score (nSPS) is 8.33. The van der Waals surface area contributed by atoms with E-state index in [9.17, 15) is 5.11 Å². The number of hydrogen-bond acceptors (Lipinski definition) is 4. The smallest absolute Gasteiger partial charge is 0.114 e. The zero-order chi connectivity index (χ0) is 6.69. The summed E-state index contributed by atoms with van der Waals surface area (Å²) in [6.45, 7) is 0. The van der Waals surface area contributed by atoms with Crippen LogP contribution < -0.4 is 5.11 Å². The molecule has 0 aliphatic heterocycles. The maximum Gasteiger partial charge on any atom is 0.114 e. The van der Waals surface area contributed by atoms with Crippen LogP contribution in [0.5, 0.6) is 5.88 Å². The molecule has 0 saturated heterocycles. The second-order valence-corrected chi connectivity index (χ2v) is 1.35. The summed E-state index contributed by atoms with van der Waals surface area (Å²) in [5.41, 5.74) is -0.0162. The average molecular weight is 120 g/mol. The Morgan fingerprint density at radius 1 is 1.67 bits per heavy atom. The highest BCUT2D eigenvalue weighted by molar-refractivity contribution is 5.32. The van der Waals surface area contributed by atoms with Crippen LogP contribution in [0.15, 0.2) is 12.5 Å². The molecule has 0 fully saturated rings. The van der Waals surface area contributed by atoms with Gasteiger partial charge in [0.2, 0.25) is 0 Å². The Labute approximate surface area is 51.4 Å². The van der Waals surface area contributed by atoms with Gasteiger partial charge in [0, 0.05) is 12.1 Å². The molecule has 1 rings (SSSR count). The van der Waals surface area contributed by atoms with Crippen molar-refractivity contribution in [3.8, 4) is 11.9 Å². The molecule has 1 aromatic heterocycles. The standard InChI is InChI=1S/C5H3N3O/c6-1-4-2-7-3-8-5(4)9/h2-3H,(H,7,8,9)/p-1. The van der Waals surface area contributed by atoms with E-state index in [0.717, 1.165) is 6.33 Å². The lowest BCUT2D eigenvalue weighted by atomic mass is 10.4. The van der Waals surface area contributed by atoms with Crippen LogP contribution in [0.1, 0.15) is 5.56 Å². The van der Waals surface area contributed by atoms with Crippen molar-refractivity contribution in [1.29, 1.82) is 5.26 Å². The monoisotopic (exact) mass is 120 g/mol. The lowest BCUT2D eigenvalue weighted by Crippen LogP contribution is -1.97. The van der Waals surface area contributed by atoms with Crippen LogP contribution in [-0.2, 0) is 0 Å². The Morgan fingerprint density at radius 2 is 2.44 bits per heavy atom. The van der Waals surface area contributed by atoms with Crippen molar-refractivity contribution in [3.63, 3.8) is 0 Å². The minimum atomic E-state index is -0.521. The first-order valence-electron chi connectivity index (χ1n) is 2.21. The highest BCUT2D eigenvalue weighted by Gasteiger charge is 1.87. The number of aromatic nitrogens is 2. The summed E-state index contributed by atoms with van der Waals surface area (Å²) in [6.07, 6.45) is 2.30. The summed E-state index contributed by atoms with van der Waals surface area (Å²) in [5, 5.41) is 18.7. The lowest BCUT2D eigenvalue weighted by molar-refractivity contribution is -0.275. The van der Waals surface area contributed by atoms with E-state index in [1.807, 2.05) is 0 Å². The quantitative estimate of drug-likeness (QED) is 0.459. The fourth-order valence-corrected chi connectivity index (χ4v) is 0.395. The molecule has 9 heavy (non-hydrogen) atoms. The van der Waals surface area contributed by atoms with E-state index in [1.165, 1.54) is 6.20 Å². The number of nitrogens with zero attached hydrogens (tertiary/aromatic N) is 3. The minimum Gasteiger partial charge on any atom is -0.858 e. The summed E-state index contributed by atoms with van der Waals surface area (Å²) in [4.78, 5) is 6.74. The molecular weight excluding hydrogens is 118 g/mol. The third-order valence-corrected chi connectivity index (χ3v) is 0.796. The van der Waals surface area contributed by atoms with Crippen LogP contribution in [0.4, 0.5) is 0 Å². The van der Waals surface area contributed by atoms with Gasteiger partial charge in [0.15, 0.2) is 0 Å². The van der Waals surface area contributed by atoms with Gasteiger partial charge >= 0.3 is 0 Å². The average Bonchev–Trinajstić information content (AvgIpc) is 1.89. The van der Waals surface area contributed by atoms with Gasteiger partial charge in [-0.1, -0.05) is 0 Å². The molecule has 0 spiro atoms. The second-order valence-electron chi connectivity index (χ2n) is 1.35. The van der Waals surface area contributed by atoms with Gasteiger partial charge in [-0.2, -0.15) is 5.26 Å². The van der Waals surface area contributed by atoms with Gasteiger partial charge in [-0.05, 0) is 0 Å². The van der Waals surface area contributed by atoms with E-state index >= 15 is 0 Å². The van der Waals surface area contributed by atoms with Crippen molar-refractivity contribution in [1.82, 2.24) is 9.97 Å². The minimum absolute atomic E-state index is 0.0162. The first-order chi connectivity index (χ1) is 4.34. The van der Waals surface area contributed by atoms with Crippen molar-refractivity contribution in [2.75, 3.05) is 0 Å². The Hall–Kier alpha value is -1.63. The highest BCUT2D eigenvalue weighted by Crippen LogP contribution is 2.02. The Balaban J connectivity index is 3.20. The fraction of sp³-hybridized carbons (Fsp3) is 0. The van der Waals surface area contributed by atoms with Crippen LogP contribution in [-0.4, -0.2) is 9.97 Å². The molecule has 1 heterocycles. The van der Waals surface area contributed by atoms with Crippen LogP contribution >= 0.6 is 0 Å². The maximum absolute atomic E-state index is 10.5. The molecule has 0 aliphatic rings. The number of hydrogen-bond donors (Lipinski definition) is 0. The Kier molecular flexibility index (Phi) is 1.28. The summed E-state index contributed by atoms with van der Waals surface area (Å²) < 4.78 is 0. The summed E-state index contributed by atoms with van der Waals surface area (Å²) in [7, 11) is 0. The van der Waals surface area contributed by atoms with Crippen LogP contribution in [0.2, 0.25) is 0 Å². The molecule has 0 atom stereocenters. The van der Waals surface area contributed by atoms with E-state index in [2.05, 4.69) is 9.97 Å². The van der Waals surface area contributed by atoms with Crippen LogP contribution in [0, 0.1) is 11.3 Å². The largest absolute Gasteiger partial charge is 0.858 e. The van der Waals surface area contributed by atoms with Gasteiger partial charge < -0.3 is 5.11 Å². The zero-order valence-corrected chi connectivity index (χ0v) is 4.40. The van der Waals surface area contributed by atoms with Crippen molar-refractivity contribution in [2.24, 2.45) is 0 Å². The lowest BCUT2D eigenvalue weighted by Gasteiger charge is -2.01. The van der Waals surface area contributed by atoms with Crippen molar-refractivity contribution < 1.29 is 5.11 Å². The molecule has 0 aromatic carbocycles. The van der Waals surface area contributed by atoms with Crippen molar-refractivity contribution in [3.05, 3.63) is 18.1 Å². The second kappa shape index (κ2) is 2.09. The molecule has 0 bridgehead atoms. The molecule has 1 aromatic rings. The molecule has 0 aliphatic carbocycles. The number of nitriles is 1. The van der Waals surface area contributed by atoms with Gasteiger partial charge in [-0.3, -0.25) is 4.98 Å². The van der Waals surface area contributed by atoms with Crippen molar-refractivity contribution >= 4 is 0 Å². The highest BCUT2D eigenvalue weighted by atomic mass is 16.3. The van der Waals surface area contributed by atoms with Gasteiger partial charge in [-0.15, -0.1) is 0 Å². The molecule has 4 nitrogen and oxygen atoms in total. The topological polar surface area (TPSA) is 72.6 Å². The third-order valence-electron chi connectivity index (χ3n) is 0.796. The summed E-state index contributed by atoms with van der Waals surface area (Å²) in [6, 6.07) is 1.66. The van der Waals surface area contributed by atoms with E-state index < -0.39 is 5.88 Å². The van der Waals surface area contributed by atoms with Crippen molar-refractivity contribution in [2.45, 2.75) is 0 Å². The molecule has 0 radical (unpaired) electrons. The molecule has 44 valence electrons. The predicted molar refractivity (Wildman–Crippen MR) is 26.2 cm³/mol. The molecule has 4 heteroatoms. The maximum atomic E-state index is 10.5. The van der Waals surface area contributed by atoms with Crippen LogP contribution in [0.3, 0.4) is 0 Å². The van der Waals surface area contributed by atoms with E-state index in [0.29, 0.717) is 0 Å². The molecule has 0 N–H and O–H groups in total. The zero-order valence-electron chi connectivity index (χ0n) is 4.40. The van der Waals surface area contributed by atoms with Gasteiger partial charge in [0.25, 0.3) is 0 Å². The fourth-order valence-electron chi connectivity index (χ4n) is 0.395. The van der Waals surface area contributed by atoms with E-state index in [4.69, 9.17) is 5.26 Å². The Morgan fingerprint density at radius 3 is 2.89 bits per heavy atom. The van der Waals surface area contributed by atoms with E-state index in [-0.39, 0.29) is 5.56 Å². The molecule has 0 unspecified atom stereocenters.